The van der Waals surface area contributed by atoms with Crippen molar-refractivity contribution in [2.45, 2.75) is 6.92 Å². The summed E-state index contributed by atoms with van der Waals surface area (Å²) in [6, 6.07) is 0. The van der Waals surface area contributed by atoms with Crippen molar-refractivity contribution in [3.8, 4) is 0 Å². The summed E-state index contributed by atoms with van der Waals surface area (Å²) in [5.74, 6) is 0. The van der Waals surface area contributed by atoms with E-state index in [9.17, 15) is 0 Å². The van der Waals surface area contributed by atoms with Gasteiger partial charge in [-0.25, -0.2) is 0 Å². The van der Waals surface area contributed by atoms with Gasteiger partial charge >= 0.3 is 0 Å². The third-order valence-electron chi connectivity index (χ3n) is 1.18. The number of hydrogen-bond acceptors (Lipinski definition) is 2. The molecule has 1 rings (SSSR count). The van der Waals surface area contributed by atoms with Crippen LogP contribution in [-0.2, 0) is 0 Å². The molecule has 0 aliphatic carbocycles. The third-order valence-corrected chi connectivity index (χ3v) is 1.96. The predicted molar refractivity (Wildman–Crippen MR) is 43.4 cm³/mol. The summed E-state index contributed by atoms with van der Waals surface area (Å²) >= 11 is 11.3. The van der Waals surface area contributed by atoms with Crippen LogP contribution in [-0.4, -0.2) is 4.98 Å². The first-order valence-corrected chi connectivity index (χ1v) is 3.44. The molecule has 0 aromatic carbocycles. The van der Waals surface area contributed by atoms with E-state index < -0.39 is 0 Å². The normalized spacial score (nSPS) is 9.90. The number of nitrogens with two attached hydrogens (primary N) is 1. The van der Waals surface area contributed by atoms with Crippen molar-refractivity contribution in [2.75, 3.05) is 5.73 Å². The zero-order chi connectivity index (χ0) is 7.72. The molecule has 1 aromatic rings. The van der Waals surface area contributed by atoms with Crippen LogP contribution in [0.2, 0.25) is 10.0 Å². The lowest BCUT2D eigenvalue weighted by Gasteiger charge is -2.01. The molecule has 0 atom stereocenters. The molecule has 0 saturated carbocycles. The number of pyridine rings is 1. The molecule has 0 aliphatic heterocycles. The topological polar surface area (TPSA) is 38.9 Å². The second kappa shape index (κ2) is 2.64. The maximum absolute atomic E-state index is 5.71. The van der Waals surface area contributed by atoms with Gasteiger partial charge in [0.25, 0.3) is 0 Å². The average molecular weight is 177 g/mol. The van der Waals surface area contributed by atoms with Crippen LogP contribution < -0.4 is 5.73 Å². The number of rotatable bonds is 0. The highest BCUT2D eigenvalue weighted by molar-refractivity contribution is 6.38. The first-order valence-electron chi connectivity index (χ1n) is 2.69. The number of anilines is 1. The average Bonchev–Trinajstić information content (AvgIpc) is 1.93. The molecule has 0 bridgehead atoms. The summed E-state index contributed by atoms with van der Waals surface area (Å²) in [6.07, 6.45) is 1.48. The van der Waals surface area contributed by atoms with E-state index >= 15 is 0 Å². The Kier molecular flexibility index (Phi) is 2.02. The van der Waals surface area contributed by atoms with E-state index in [2.05, 4.69) is 4.98 Å². The minimum atomic E-state index is 0.399. The van der Waals surface area contributed by atoms with Gasteiger partial charge in [-0.3, -0.25) is 4.98 Å². The molecule has 1 heterocycles. The standard InChI is InChI=1S/C6H6Cl2N2/c1-3-5(8)6(9)4(7)2-10-3/h2H,1H3,(H2,9,10). The Morgan fingerprint density at radius 1 is 1.50 bits per heavy atom. The summed E-state index contributed by atoms with van der Waals surface area (Å²) in [5, 5.41) is 0.836. The lowest BCUT2D eigenvalue weighted by atomic mass is 10.3. The zero-order valence-corrected chi connectivity index (χ0v) is 6.87. The highest BCUT2D eigenvalue weighted by Crippen LogP contribution is 2.27. The summed E-state index contributed by atoms with van der Waals surface area (Å²) in [7, 11) is 0. The Bertz CT molecular complexity index is 233. The molecule has 4 heteroatoms. The van der Waals surface area contributed by atoms with Crippen LogP contribution in [0.4, 0.5) is 5.69 Å². The summed E-state index contributed by atoms with van der Waals surface area (Å²) in [6.45, 7) is 1.77. The highest BCUT2D eigenvalue weighted by atomic mass is 35.5. The van der Waals surface area contributed by atoms with Gasteiger partial charge in [0.1, 0.15) is 0 Å². The fraction of sp³-hybridized carbons (Fsp3) is 0.167. The van der Waals surface area contributed by atoms with Crippen molar-refractivity contribution in [1.82, 2.24) is 4.98 Å². The molecule has 10 heavy (non-hydrogen) atoms. The van der Waals surface area contributed by atoms with Crippen LogP contribution in [0.15, 0.2) is 6.20 Å². The van der Waals surface area contributed by atoms with Crippen molar-refractivity contribution < 1.29 is 0 Å². The van der Waals surface area contributed by atoms with Gasteiger partial charge in [0.15, 0.2) is 0 Å². The van der Waals surface area contributed by atoms with Gasteiger partial charge < -0.3 is 5.73 Å². The van der Waals surface area contributed by atoms with Gasteiger partial charge in [-0.15, -0.1) is 0 Å². The fourth-order valence-electron chi connectivity index (χ4n) is 0.579. The van der Waals surface area contributed by atoms with Crippen LogP contribution in [0.1, 0.15) is 5.69 Å². The quantitative estimate of drug-likeness (QED) is 0.660. The van der Waals surface area contributed by atoms with Crippen molar-refractivity contribution in [2.24, 2.45) is 0 Å². The van der Waals surface area contributed by atoms with E-state index in [1.54, 1.807) is 6.92 Å². The Balaban J connectivity index is 3.34. The minimum Gasteiger partial charge on any atom is -0.396 e. The molecular formula is C6H6Cl2N2. The molecule has 0 fully saturated rings. The van der Waals surface area contributed by atoms with Gasteiger partial charge in [0.2, 0.25) is 0 Å². The van der Waals surface area contributed by atoms with Crippen LogP contribution in [0, 0.1) is 6.92 Å². The lowest BCUT2D eigenvalue weighted by Crippen LogP contribution is -1.92. The second-order valence-electron chi connectivity index (χ2n) is 1.92. The molecule has 0 amide bonds. The van der Waals surface area contributed by atoms with Crippen LogP contribution >= 0.6 is 23.2 Å². The van der Waals surface area contributed by atoms with Gasteiger partial charge in [-0.2, -0.15) is 0 Å². The van der Waals surface area contributed by atoms with Gasteiger partial charge in [-0.1, -0.05) is 23.2 Å². The van der Waals surface area contributed by atoms with Crippen molar-refractivity contribution in [1.29, 1.82) is 0 Å². The van der Waals surface area contributed by atoms with Gasteiger partial charge in [0, 0.05) is 6.20 Å². The highest BCUT2D eigenvalue weighted by Gasteiger charge is 2.03. The number of halogens is 2. The SMILES string of the molecule is Cc1ncc(Cl)c(N)c1Cl. The largest absolute Gasteiger partial charge is 0.396 e. The summed E-state index contributed by atoms with van der Waals surface area (Å²) in [4.78, 5) is 3.90. The van der Waals surface area contributed by atoms with E-state index in [0.29, 0.717) is 21.4 Å². The van der Waals surface area contributed by atoms with Crippen LogP contribution in [0.25, 0.3) is 0 Å². The Morgan fingerprint density at radius 3 is 2.60 bits per heavy atom. The molecule has 0 unspecified atom stereocenters. The number of hydrogen-bond donors (Lipinski definition) is 1. The summed E-state index contributed by atoms with van der Waals surface area (Å²) < 4.78 is 0. The molecule has 54 valence electrons. The number of nitrogen functional groups attached to an aromatic ring is 1. The fourth-order valence-corrected chi connectivity index (χ4v) is 0.922. The molecule has 0 spiro atoms. The number of nitrogens with zero attached hydrogens (tertiary/aromatic N) is 1. The van der Waals surface area contributed by atoms with Crippen molar-refractivity contribution >= 4 is 28.9 Å². The lowest BCUT2D eigenvalue weighted by molar-refractivity contribution is 1.20. The maximum Gasteiger partial charge on any atom is 0.0863 e. The van der Waals surface area contributed by atoms with Gasteiger partial charge in [0.05, 0.1) is 21.4 Å². The molecule has 0 radical (unpaired) electrons. The molecule has 2 nitrogen and oxygen atoms in total. The van der Waals surface area contributed by atoms with Crippen LogP contribution in [0.5, 0.6) is 0 Å². The molecule has 2 N–H and O–H groups in total. The maximum atomic E-state index is 5.71. The smallest absolute Gasteiger partial charge is 0.0863 e. The van der Waals surface area contributed by atoms with E-state index in [0.717, 1.165) is 0 Å². The Labute approximate surface area is 69.0 Å². The predicted octanol–water partition coefficient (Wildman–Crippen LogP) is 2.28. The van der Waals surface area contributed by atoms with Crippen molar-refractivity contribution in [3.63, 3.8) is 0 Å². The molecule has 0 aliphatic rings. The Morgan fingerprint density at radius 2 is 2.10 bits per heavy atom. The third kappa shape index (κ3) is 1.18. The van der Waals surface area contributed by atoms with Gasteiger partial charge in [-0.05, 0) is 6.92 Å². The first-order chi connectivity index (χ1) is 4.63. The number of aromatic nitrogens is 1. The Hall–Kier alpha value is -0.470. The molecule has 1 aromatic heterocycles. The van der Waals surface area contributed by atoms with E-state index in [4.69, 9.17) is 28.9 Å². The molecule has 0 saturated heterocycles. The molecular weight excluding hydrogens is 171 g/mol. The second-order valence-corrected chi connectivity index (χ2v) is 2.70. The monoisotopic (exact) mass is 176 g/mol. The summed E-state index contributed by atoms with van der Waals surface area (Å²) in [5.41, 5.74) is 6.58. The van der Waals surface area contributed by atoms with E-state index in [1.807, 2.05) is 0 Å². The van der Waals surface area contributed by atoms with Crippen LogP contribution in [0.3, 0.4) is 0 Å². The van der Waals surface area contributed by atoms with E-state index in [-0.39, 0.29) is 0 Å². The first kappa shape index (κ1) is 7.63. The minimum absolute atomic E-state index is 0.399. The number of aryl methyl sites for hydroxylation is 1. The van der Waals surface area contributed by atoms with Crippen molar-refractivity contribution in [3.05, 3.63) is 21.9 Å². The van der Waals surface area contributed by atoms with E-state index in [1.165, 1.54) is 6.20 Å². The zero-order valence-electron chi connectivity index (χ0n) is 5.36.